The highest BCUT2D eigenvalue weighted by Gasteiger charge is 2.43. The molecule has 2 atom stereocenters. The van der Waals surface area contributed by atoms with Gasteiger partial charge in [0.15, 0.2) is 6.04 Å². The summed E-state index contributed by atoms with van der Waals surface area (Å²) in [4.78, 5) is 0. The van der Waals surface area contributed by atoms with Gasteiger partial charge in [0, 0.05) is 17.5 Å². The van der Waals surface area contributed by atoms with Gasteiger partial charge in [-0.2, -0.15) is 0 Å². The van der Waals surface area contributed by atoms with Crippen molar-refractivity contribution >= 4 is 5.69 Å². The van der Waals surface area contributed by atoms with E-state index in [0.717, 1.165) is 35.5 Å². The standard InChI is InChI=1S/C18H20N2O2/c1-12-10-15-17(16(22)11-12)18(13-4-6-14(21)7-5-13)20-9-3-2-8-19(15)20/h4-7,10-11,18,21-22H,2-3,8-9H2,1H3. The highest BCUT2D eigenvalue weighted by Crippen LogP contribution is 2.40. The second kappa shape index (κ2) is 4.92. The van der Waals surface area contributed by atoms with Crippen molar-refractivity contribution in [1.29, 1.82) is 0 Å². The minimum atomic E-state index is 0.0454. The van der Waals surface area contributed by atoms with E-state index in [1.807, 2.05) is 19.1 Å². The fourth-order valence-corrected chi connectivity index (χ4v) is 3.88. The summed E-state index contributed by atoms with van der Waals surface area (Å²) in [5, 5.41) is 25.9. The van der Waals surface area contributed by atoms with Gasteiger partial charge in [-0.25, -0.2) is 10.0 Å². The molecule has 2 aliphatic heterocycles. The Balaban J connectivity index is 1.89. The maximum absolute atomic E-state index is 12.6. The molecule has 2 unspecified atom stereocenters. The van der Waals surface area contributed by atoms with E-state index >= 15 is 0 Å². The molecule has 0 aromatic heterocycles. The summed E-state index contributed by atoms with van der Waals surface area (Å²) >= 11 is 0. The summed E-state index contributed by atoms with van der Waals surface area (Å²) in [6, 6.07) is 11.2. The fourth-order valence-electron chi connectivity index (χ4n) is 3.88. The van der Waals surface area contributed by atoms with E-state index < -0.39 is 0 Å². The van der Waals surface area contributed by atoms with Gasteiger partial charge < -0.3 is 10.2 Å². The van der Waals surface area contributed by atoms with E-state index in [4.69, 9.17) is 0 Å². The molecule has 0 saturated carbocycles. The lowest BCUT2D eigenvalue weighted by Gasteiger charge is -2.34. The van der Waals surface area contributed by atoms with Crippen LogP contribution in [0.5, 0.6) is 11.5 Å². The predicted octanol–water partition coefficient (Wildman–Crippen LogP) is 1.28. The summed E-state index contributed by atoms with van der Waals surface area (Å²) in [6.07, 6.45) is 2.36. The zero-order valence-corrected chi connectivity index (χ0v) is 12.7. The van der Waals surface area contributed by atoms with Crippen LogP contribution in [0.15, 0.2) is 36.4 Å². The first-order valence-corrected chi connectivity index (χ1v) is 7.89. The summed E-state index contributed by atoms with van der Waals surface area (Å²) < 4.78 is 0. The van der Waals surface area contributed by atoms with Crippen LogP contribution in [-0.4, -0.2) is 18.2 Å². The van der Waals surface area contributed by atoms with Crippen molar-refractivity contribution in [1.82, 2.24) is 0 Å². The van der Waals surface area contributed by atoms with Crippen LogP contribution >= 0.6 is 0 Å². The first-order chi connectivity index (χ1) is 10.6. The van der Waals surface area contributed by atoms with Gasteiger partial charge in [0.1, 0.15) is 12.3 Å². The third-order valence-corrected chi connectivity index (χ3v) is 4.82. The number of hydrogen-bond donors (Lipinski definition) is 2. The van der Waals surface area contributed by atoms with Gasteiger partial charge in [0.2, 0.25) is 0 Å². The number of benzene rings is 2. The molecular formula is C18H20N2O2. The lowest BCUT2D eigenvalue weighted by Crippen LogP contribution is -3.18. The number of aryl methyl sites for hydroxylation is 1. The molecule has 2 N–H and O–H groups in total. The van der Waals surface area contributed by atoms with Crippen molar-refractivity contribution in [2.45, 2.75) is 25.8 Å². The van der Waals surface area contributed by atoms with Crippen molar-refractivity contribution in [3.05, 3.63) is 53.1 Å². The van der Waals surface area contributed by atoms with Crippen LogP contribution in [0.3, 0.4) is 0 Å². The largest absolute Gasteiger partial charge is 0.872 e. The second-order valence-corrected chi connectivity index (χ2v) is 6.32. The van der Waals surface area contributed by atoms with Crippen LogP contribution in [0, 0.1) is 6.92 Å². The van der Waals surface area contributed by atoms with E-state index in [0.29, 0.717) is 0 Å². The Morgan fingerprint density at radius 2 is 1.95 bits per heavy atom. The molecule has 1 fully saturated rings. The average Bonchev–Trinajstić information content (AvgIpc) is 2.83. The van der Waals surface area contributed by atoms with E-state index in [-0.39, 0.29) is 17.5 Å². The van der Waals surface area contributed by atoms with Crippen LogP contribution in [-0.2, 0) is 0 Å². The van der Waals surface area contributed by atoms with Gasteiger partial charge in [0.05, 0.1) is 12.2 Å². The zero-order valence-electron chi connectivity index (χ0n) is 12.7. The maximum atomic E-state index is 12.6. The van der Waals surface area contributed by atoms with E-state index in [9.17, 15) is 10.2 Å². The molecule has 4 nitrogen and oxygen atoms in total. The topological polar surface area (TPSA) is 51.0 Å². The molecule has 0 bridgehead atoms. The van der Waals surface area contributed by atoms with Crippen molar-refractivity contribution in [2.75, 3.05) is 18.1 Å². The number of phenols is 1. The number of nitrogens with zero attached hydrogens (tertiary/aromatic N) is 1. The Kier molecular flexibility index (Phi) is 3.01. The highest BCUT2D eigenvalue weighted by molar-refractivity contribution is 5.64. The second-order valence-electron chi connectivity index (χ2n) is 6.32. The minimum Gasteiger partial charge on any atom is -0.872 e. The molecule has 4 heteroatoms. The number of phenolic OH excluding ortho intramolecular Hbond substituents is 1. The Morgan fingerprint density at radius 3 is 2.73 bits per heavy atom. The van der Waals surface area contributed by atoms with Gasteiger partial charge in [-0.3, -0.25) is 0 Å². The number of anilines is 1. The van der Waals surface area contributed by atoms with Gasteiger partial charge >= 0.3 is 0 Å². The Bertz CT molecular complexity index is 712. The van der Waals surface area contributed by atoms with Crippen LogP contribution in [0.2, 0.25) is 0 Å². The van der Waals surface area contributed by atoms with Crippen LogP contribution < -0.4 is 15.1 Å². The fraction of sp³-hybridized carbons (Fsp3) is 0.333. The minimum absolute atomic E-state index is 0.0454. The van der Waals surface area contributed by atoms with Crippen molar-refractivity contribution in [2.24, 2.45) is 0 Å². The number of aromatic hydroxyl groups is 1. The number of rotatable bonds is 1. The number of fused-ring (bicyclic) bond motifs is 3. The molecule has 2 heterocycles. The Hall–Kier alpha value is -2.20. The molecule has 22 heavy (non-hydrogen) atoms. The number of nitrogens with one attached hydrogen (secondary N) is 1. The number of quaternary nitrogens is 1. The SMILES string of the molecule is Cc1cc([O-])c2c(c1)N1CCCC[NH+]1C2c1ccc(O)cc1. The molecule has 2 aromatic rings. The molecule has 1 saturated heterocycles. The molecule has 0 aliphatic carbocycles. The Morgan fingerprint density at radius 1 is 1.18 bits per heavy atom. The Labute approximate surface area is 130 Å². The zero-order chi connectivity index (χ0) is 15.3. The predicted molar refractivity (Wildman–Crippen MR) is 83.0 cm³/mol. The van der Waals surface area contributed by atoms with Crippen LogP contribution in [0.1, 0.15) is 35.6 Å². The maximum Gasteiger partial charge on any atom is 0.163 e. The molecule has 2 aliphatic rings. The van der Waals surface area contributed by atoms with Crippen LogP contribution in [0.4, 0.5) is 5.69 Å². The van der Waals surface area contributed by atoms with Crippen molar-refractivity contribution in [3.63, 3.8) is 0 Å². The van der Waals surface area contributed by atoms with Crippen molar-refractivity contribution < 1.29 is 15.2 Å². The summed E-state index contributed by atoms with van der Waals surface area (Å²) in [7, 11) is 0. The summed E-state index contributed by atoms with van der Waals surface area (Å²) in [5.74, 6) is 0.397. The summed E-state index contributed by atoms with van der Waals surface area (Å²) in [6.45, 7) is 4.03. The molecule has 0 radical (unpaired) electrons. The van der Waals surface area contributed by atoms with Gasteiger partial charge in [-0.1, -0.05) is 11.8 Å². The van der Waals surface area contributed by atoms with Gasteiger partial charge in [-0.15, -0.1) is 0 Å². The molecule has 0 spiro atoms. The van der Waals surface area contributed by atoms with Gasteiger partial charge in [-0.05, 0) is 49.2 Å². The van der Waals surface area contributed by atoms with Crippen molar-refractivity contribution in [3.8, 4) is 11.5 Å². The smallest absolute Gasteiger partial charge is 0.163 e. The van der Waals surface area contributed by atoms with Crippen LogP contribution in [0.25, 0.3) is 0 Å². The van der Waals surface area contributed by atoms with E-state index in [1.54, 1.807) is 18.2 Å². The average molecular weight is 296 g/mol. The first-order valence-electron chi connectivity index (χ1n) is 7.89. The molecule has 114 valence electrons. The lowest BCUT2D eigenvalue weighted by atomic mass is 9.96. The normalized spacial score (nSPS) is 23.2. The molecular weight excluding hydrogens is 276 g/mol. The highest BCUT2D eigenvalue weighted by atomic mass is 16.3. The molecule has 2 aromatic carbocycles. The molecule has 0 amide bonds. The first kappa shape index (κ1) is 13.5. The van der Waals surface area contributed by atoms with Gasteiger partial charge in [0.25, 0.3) is 0 Å². The number of hydrogen-bond acceptors (Lipinski definition) is 3. The third-order valence-electron chi connectivity index (χ3n) is 4.82. The quantitative estimate of drug-likeness (QED) is 0.833. The monoisotopic (exact) mass is 296 g/mol. The third kappa shape index (κ3) is 1.95. The van der Waals surface area contributed by atoms with E-state index in [1.165, 1.54) is 17.9 Å². The lowest BCUT2D eigenvalue weighted by molar-refractivity contribution is -0.932. The molecule has 4 rings (SSSR count). The summed E-state index contributed by atoms with van der Waals surface area (Å²) in [5.41, 5.74) is 4.13. The van der Waals surface area contributed by atoms with E-state index in [2.05, 4.69) is 11.1 Å².